The Kier molecular flexibility index (Phi) is 10.8. The summed E-state index contributed by atoms with van der Waals surface area (Å²) >= 11 is 0. The SMILES string of the molecule is C=CC(=O)OC(CCCCCCCCC)c1c(C(=O)O)c(C(=O)O)cc(C(=O)O)c1C(=O)O. The molecule has 0 bridgehead atoms. The van der Waals surface area contributed by atoms with Crippen LogP contribution >= 0.6 is 0 Å². The van der Waals surface area contributed by atoms with Crippen LogP contribution in [-0.2, 0) is 9.53 Å². The van der Waals surface area contributed by atoms with Crippen molar-refractivity contribution in [1.29, 1.82) is 0 Å². The molecule has 0 heterocycles. The zero-order valence-electron chi connectivity index (χ0n) is 18.3. The van der Waals surface area contributed by atoms with Crippen molar-refractivity contribution in [3.05, 3.63) is 46.5 Å². The number of rotatable bonds is 15. The Morgan fingerprint density at radius 3 is 1.67 bits per heavy atom. The van der Waals surface area contributed by atoms with Gasteiger partial charge in [-0.25, -0.2) is 24.0 Å². The second-order valence-electron chi connectivity index (χ2n) is 7.40. The van der Waals surface area contributed by atoms with Crippen LogP contribution in [0.2, 0.25) is 0 Å². The molecule has 0 amide bonds. The number of carbonyl (C=O) groups is 5. The lowest BCUT2D eigenvalue weighted by Crippen LogP contribution is -2.24. The maximum absolute atomic E-state index is 12.0. The number of carbonyl (C=O) groups excluding carboxylic acids is 1. The minimum absolute atomic E-state index is 0.0317. The van der Waals surface area contributed by atoms with Gasteiger partial charge in [0.2, 0.25) is 0 Å². The van der Waals surface area contributed by atoms with E-state index in [1.807, 2.05) is 0 Å². The summed E-state index contributed by atoms with van der Waals surface area (Å²) in [5.41, 5.74) is -4.38. The van der Waals surface area contributed by atoms with E-state index in [1.165, 1.54) is 0 Å². The van der Waals surface area contributed by atoms with Crippen molar-refractivity contribution in [1.82, 2.24) is 0 Å². The third-order valence-electron chi connectivity index (χ3n) is 5.07. The molecule has 0 fully saturated rings. The van der Waals surface area contributed by atoms with Crippen LogP contribution in [0, 0.1) is 0 Å². The average Bonchev–Trinajstić information content (AvgIpc) is 2.75. The highest BCUT2D eigenvalue weighted by Gasteiger charge is 2.35. The van der Waals surface area contributed by atoms with Crippen LogP contribution < -0.4 is 0 Å². The van der Waals surface area contributed by atoms with E-state index in [9.17, 15) is 44.4 Å². The molecule has 1 rings (SSSR count). The fraction of sp³-hybridized carbons (Fsp3) is 0.435. The highest BCUT2D eigenvalue weighted by molar-refractivity contribution is 6.11. The molecule has 4 N–H and O–H groups in total. The molecule has 0 radical (unpaired) electrons. The van der Waals surface area contributed by atoms with Gasteiger partial charge in [-0.1, -0.05) is 52.0 Å². The van der Waals surface area contributed by atoms with Crippen LogP contribution in [0.5, 0.6) is 0 Å². The molecule has 0 aliphatic heterocycles. The van der Waals surface area contributed by atoms with E-state index in [-0.39, 0.29) is 6.42 Å². The number of carboxylic acid groups (broad SMARTS) is 4. The van der Waals surface area contributed by atoms with Crippen molar-refractivity contribution in [2.75, 3.05) is 0 Å². The Balaban J connectivity index is 3.60. The van der Waals surface area contributed by atoms with E-state index < -0.39 is 63.8 Å². The van der Waals surface area contributed by atoms with E-state index in [2.05, 4.69) is 13.5 Å². The van der Waals surface area contributed by atoms with Gasteiger partial charge in [-0.15, -0.1) is 0 Å². The van der Waals surface area contributed by atoms with Crippen molar-refractivity contribution in [3.8, 4) is 0 Å². The van der Waals surface area contributed by atoms with Crippen LogP contribution in [-0.4, -0.2) is 50.3 Å². The van der Waals surface area contributed by atoms with Crippen LogP contribution in [0.3, 0.4) is 0 Å². The number of benzene rings is 1. The molecule has 0 saturated heterocycles. The maximum Gasteiger partial charge on any atom is 0.337 e. The second-order valence-corrected chi connectivity index (χ2v) is 7.40. The van der Waals surface area contributed by atoms with Crippen LogP contribution in [0.1, 0.15) is 111 Å². The summed E-state index contributed by atoms with van der Waals surface area (Å²) in [7, 11) is 0. The van der Waals surface area contributed by atoms with Gasteiger partial charge < -0.3 is 25.2 Å². The Morgan fingerprint density at radius 2 is 1.27 bits per heavy atom. The summed E-state index contributed by atoms with van der Waals surface area (Å²) in [6.45, 7) is 5.34. The summed E-state index contributed by atoms with van der Waals surface area (Å²) in [6, 6.07) is 0.487. The number of ether oxygens (including phenoxy) is 1. The first-order chi connectivity index (χ1) is 15.6. The Morgan fingerprint density at radius 1 is 0.818 bits per heavy atom. The van der Waals surface area contributed by atoms with E-state index in [4.69, 9.17) is 4.74 Å². The number of aromatic carboxylic acids is 4. The summed E-state index contributed by atoms with van der Waals surface area (Å²) < 4.78 is 5.21. The van der Waals surface area contributed by atoms with Crippen LogP contribution in [0.15, 0.2) is 18.7 Å². The van der Waals surface area contributed by atoms with Crippen LogP contribution in [0.4, 0.5) is 0 Å². The molecule has 1 atom stereocenters. The Bertz CT molecular complexity index is 881. The first kappa shape index (κ1) is 27.3. The van der Waals surface area contributed by atoms with E-state index >= 15 is 0 Å². The molecular formula is C23H28O10. The predicted molar refractivity (Wildman–Crippen MR) is 116 cm³/mol. The van der Waals surface area contributed by atoms with Crippen molar-refractivity contribution >= 4 is 29.8 Å². The lowest BCUT2D eigenvalue weighted by molar-refractivity contribution is -0.143. The molecule has 10 nitrogen and oxygen atoms in total. The minimum atomic E-state index is -1.79. The lowest BCUT2D eigenvalue weighted by Gasteiger charge is -2.23. The lowest BCUT2D eigenvalue weighted by atomic mass is 9.86. The number of hydrogen-bond donors (Lipinski definition) is 4. The van der Waals surface area contributed by atoms with E-state index in [1.54, 1.807) is 0 Å². The third kappa shape index (κ3) is 7.44. The van der Waals surface area contributed by atoms with Crippen molar-refractivity contribution in [2.45, 2.75) is 64.4 Å². The van der Waals surface area contributed by atoms with Gasteiger partial charge in [0, 0.05) is 11.6 Å². The van der Waals surface area contributed by atoms with Gasteiger partial charge in [0.05, 0.1) is 22.3 Å². The Hall–Kier alpha value is -3.69. The van der Waals surface area contributed by atoms with E-state index in [0.717, 1.165) is 38.2 Å². The molecule has 0 aliphatic rings. The molecular weight excluding hydrogens is 436 g/mol. The topological polar surface area (TPSA) is 176 Å². The molecule has 0 spiro atoms. The fourth-order valence-corrected chi connectivity index (χ4v) is 3.56. The minimum Gasteiger partial charge on any atom is -0.478 e. The standard InChI is InChI=1S/C23H28O10/c1-3-5-6-7-8-9-10-11-15(33-16(24)4-2)19-17(22(29)30)13(20(25)26)12-14(21(27)28)18(19)23(31)32/h4,12,15H,2-3,5-11H2,1H3,(H,25,26)(H,27,28)(H,29,30)(H,31,32). The molecule has 180 valence electrons. The van der Waals surface area contributed by atoms with E-state index in [0.29, 0.717) is 18.9 Å². The quantitative estimate of drug-likeness (QED) is 0.165. The van der Waals surface area contributed by atoms with Gasteiger partial charge in [-0.3, -0.25) is 0 Å². The highest BCUT2D eigenvalue weighted by Crippen LogP contribution is 2.35. The molecule has 0 saturated carbocycles. The first-order valence-electron chi connectivity index (χ1n) is 10.5. The zero-order valence-corrected chi connectivity index (χ0v) is 18.3. The average molecular weight is 464 g/mol. The largest absolute Gasteiger partial charge is 0.478 e. The first-order valence-corrected chi connectivity index (χ1v) is 10.5. The Labute approximate surface area is 190 Å². The van der Waals surface area contributed by atoms with Gasteiger partial charge in [0.15, 0.2) is 0 Å². The summed E-state index contributed by atoms with van der Waals surface area (Å²) in [4.78, 5) is 59.3. The van der Waals surface area contributed by atoms with Gasteiger partial charge in [0.1, 0.15) is 6.10 Å². The van der Waals surface area contributed by atoms with Crippen molar-refractivity contribution < 1.29 is 49.1 Å². The molecule has 1 aromatic carbocycles. The summed E-state index contributed by atoms with van der Waals surface area (Å²) in [6.07, 6.45) is 5.33. The summed E-state index contributed by atoms with van der Waals surface area (Å²) in [5.74, 6) is -8.11. The van der Waals surface area contributed by atoms with Crippen LogP contribution in [0.25, 0.3) is 0 Å². The normalized spacial score (nSPS) is 11.4. The number of esters is 1. The molecule has 0 aromatic heterocycles. The highest BCUT2D eigenvalue weighted by atomic mass is 16.5. The second kappa shape index (κ2) is 13.0. The van der Waals surface area contributed by atoms with Gasteiger partial charge in [-0.2, -0.15) is 0 Å². The molecule has 33 heavy (non-hydrogen) atoms. The molecule has 0 aliphatic carbocycles. The number of unbranched alkanes of at least 4 members (excludes halogenated alkanes) is 6. The maximum atomic E-state index is 12.0. The van der Waals surface area contributed by atoms with Gasteiger partial charge in [0.25, 0.3) is 0 Å². The van der Waals surface area contributed by atoms with Gasteiger partial charge in [-0.05, 0) is 18.9 Å². The number of hydrogen-bond acceptors (Lipinski definition) is 6. The zero-order chi connectivity index (χ0) is 25.1. The smallest absolute Gasteiger partial charge is 0.337 e. The van der Waals surface area contributed by atoms with Gasteiger partial charge >= 0.3 is 29.8 Å². The van der Waals surface area contributed by atoms with Crippen molar-refractivity contribution in [3.63, 3.8) is 0 Å². The monoisotopic (exact) mass is 464 g/mol. The molecule has 1 unspecified atom stereocenters. The molecule has 10 heteroatoms. The number of carboxylic acids is 4. The summed E-state index contributed by atoms with van der Waals surface area (Å²) in [5, 5.41) is 38.3. The third-order valence-corrected chi connectivity index (χ3v) is 5.07. The predicted octanol–water partition coefficient (Wildman–Crippen LogP) is 4.39. The molecule has 1 aromatic rings. The van der Waals surface area contributed by atoms with Crippen molar-refractivity contribution in [2.24, 2.45) is 0 Å². The fourth-order valence-electron chi connectivity index (χ4n) is 3.56.